The summed E-state index contributed by atoms with van der Waals surface area (Å²) in [6.07, 6.45) is 0. The number of hydrogen-bond acceptors (Lipinski definition) is 0. The molecule has 1 heterocycles. The van der Waals surface area contributed by atoms with Crippen molar-refractivity contribution in [1.29, 1.82) is 0 Å². The van der Waals surface area contributed by atoms with E-state index < -0.39 is 0 Å². The maximum absolute atomic E-state index is 6.35. The summed E-state index contributed by atoms with van der Waals surface area (Å²) in [5, 5.41) is 3.19. The molecule has 5 aromatic rings. The summed E-state index contributed by atoms with van der Waals surface area (Å²) in [7, 11) is 0. The van der Waals surface area contributed by atoms with Crippen LogP contribution in [-0.2, 0) is 0 Å². The van der Waals surface area contributed by atoms with Gasteiger partial charge >= 0.3 is 0 Å². The number of rotatable bonds is 2. The van der Waals surface area contributed by atoms with E-state index in [-0.39, 0.29) is 0 Å². The van der Waals surface area contributed by atoms with Crippen LogP contribution in [0.15, 0.2) is 95.5 Å². The van der Waals surface area contributed by atoms with Crippen molar-refractivity contribution >= 4 is 49.3 Å². The van der Waals surface area contributed by atoms with Crippen LogP contribution in [0.1, 0.15) is 0 Å². The zero-order valence-corrected chi connectivity index (χ0v) is 16.7. The molecule has 0 atom stereocenters. The molecule has 0 radical (unpaired) electrons. The first-order valence-electron chi connectivity index (χ1n) is 8.76. The highest BCUT2D eigenvalue weighted by atomic mass is 79.9. The van der Waals surface area contributed by atoms with Gasteiger partial charge in [0.1, 0.15) is 0 Å². The van der Waals surface area contributed by atoms with Crippen molar-refractivity contribution in [1.82, 2.24) is 4.57 Å². The summed E-state index contributed by atoms with van der Waals surface area (Å²) in [4.78, 5) is 0. The van der Waals surface area contributed by atoms with Gasteiger partial charge < -0.3 is 4.57 Å². The smallest absolute Gasteiger partial charge is 0.0547 e. The minimum absolute atomic E-state index is 0.713. The third kappa shape index (κ3) is 2.86. The zero-order chi connectivity index (χ0) is 18.4. The Bertz CT molecular complexity index is 1270. The molecule has 0 aliphatic heterocycles. The number of halogens is 2. The third-order valence-corrected chi connectivity index (χ3v) is 5.56. The predicted molar refractivity (Wildman–Crippen MR) is 119 cm³/mol. The maximum Gasteiger partial charge on any atom is 0.0547 e. The number of fused-ring (bicyclic) bond motifs is 3. The number of para-hydroxylation sites is 1. The Kier molecular flexibility index (Phi) is 4.04. The number of benzene rings is 4. The van der Waals surface area contributed by atoms with Crippen molar-refractivity contribution in [2.45, 2.75) is 0 Å². The van der Waals surface area contributed by atoms with Crippen LogP contribution in [0.25, 0.3) is 38.6 Å². The van der Waals surface area contributed by atoms with Gasteiger partial charge in [-0.3, -0.25) is 0 Å². The van der Waals surface area contributed by atoms with Gasteiger partial charge in [-0.2, -0.15) is 0 Å². The van der Waals surface area contributed by atoms with Gasteiger partial charge in [-0.15, -0.1) is 0 Å². The quantitative estimate of drug-likeness (QED) is 0.267. The van der Waals surface area contributed by atoms with Crippen LogP contribution in [0.2, 0.25) is 5.02 Å². The summed E-state index contributed by atoms with van der Waals surface area (Å²) in [6, 6.07) is 31.7. The van der Waals surface area contributed by atoms with Crippen LogP contribution in [0.5, 0.6) is 0 Å². The summed E-state index contributed by atoms with van der Waals surface area (Å²) >= 11 is 9.93. The molecule has 0 saturated carbocycles. The summed E-state index contributed by atoms with van der Waals surface area (Å²) in [5.41, 5.74) is 5.81. The average Bonchev–Trinajstić information content (AvgIpc) is 3.01. The molecule has 0 amide bonds. The molecule has 0 aliphatic rings. The van der Waals surface area contributed by atoms with Gasteiger partial charge in [0.25, 0.3) is 0 Å². The molecule has 1 aromatic heterocycles. The number of aromatic nitrogens is 1. The van der Waals surface area contributed by atoms with Crippen molar-refractivity contribution in [3.8, 4) is 16.8 Å². The molecule has 1 nitrogen and oxygen atoms in total. The molecule has 130 valence electrons. The van der Waals surface area contributed by atoms with Crippen molar-refractivity contribution in [3.05, 3.63) is 100 Å². The lowest BCUT2D eigenvalue weighted by Gasteiger charge is -2.10. The Morgan fingerprint density at radius 3 is 2.19 bits per heavy atom. The van der Waals surface area contributed by atoms with Crippen molar-refractivity contribution in [2.24, 2.45) is 0 Å². The van der Waals surface area contributed by atoms with Gasteiger partial charge in [0.05, 0.1) is 11.0 Å². The maximum atomic E-state index is 6.35. The number of nitrogens with zero attached hydrogens (tertiary/aromatic N) is 1. The third-order valence-electron chi connectivity index (χ3n) is 4.89. The summed E-state index contributed by atoms with van der Waals surface area (Å²) in [5.74, 6) is 0. The van der Waals surface area contributed by atoms with Crippen molar-refractivity contribution in [3.63, 3.8) is 0 Å². The van der Waals surface area contributed by atoms with E-state index in [4.69, 9.17) is 11.6 Å². The van der Waals surface area contributed by atoms with E-state index in [1.165, 1.54) is 32.9 Å². The van der Waals surface area contributed by atoms with Crippen LogP contribution in [0.4, 0.5) is 0 Å². The highest BCUT2D eigenvalue weighted by molar-refractivity contribution is 9.10. The fourth-order valence-electron chi connectivity index (χ4n) is 3.73. The second kappa shape index (κ2) is 6.56. The topological polar surface area (TPSA) is 4.93 Å². The van der Waals surface area contributed by atoms with Crippen LogP contribution >= 0.6 is 27.5 Å². The molecule has 5 rings (SSSR count). The molecule has 0 bridgehead atoms. The second-order valence-corrected chi connectivity index (χ2v) is 7.93. The highest BCUT2D eigenvalue weighted by Crippen LogP contribution is 2.35. The van der Waals surface area contributed by atoms with Gasteiger partial charge in [-0.05, 0) is 41.5 Å². The molecule has 27 heavy (non-hydrogen) atoms. The van der Waals surface area contributed by atoms with Gasteiger partial charge in [-0.25, -0.2) is 0 Å². The van der Waals surface area contributed by atoms with Crippen molar-refractivity contribution < 1.29 is 0 Å². The standard InChI is InChI=1S/C24H15BrClN/c25-18-13-19(26)15-20(14-18)27-23-9-5-4-8-21(23)22-11-10-17(12-24(22)27)16-6-2-1-3-7-16/h1-15H. The minimum Gasteiger partial charge on any atom is -0.309 e. The van der Waals surface area contributed by atoms with Crippen LogP contribution < -0.4 is 0 Å². The Balaban J connectivity index is 1.88. The van der Waals surface area contributed by atoms with E-state index in [1.54, 1.807) is 0 Å². The van der Waals surface area contributed by atoms with Gasteiger partial charge in [0, 0.05) is 26.0 Å². The predicted octanol–water partition coefficient (Wildman–Crippen LogP) is 7.87. The molecule has 0 fully saturated rings. The molecule has 0 spiro atoms. The number of hydrogen-bond donors (Lipinski definition) is 0. The normalized spacial score (nSPS) is 11.3. The lowest BCUT2D eigenvalue weighted by atomic mass is 10.0. The molecule has 3 heteroatoms. The Hall–Kier alpha value is -2.55. The summed E-state index contributed by atoms with van der Waals surface area (Å²) in [6.45, 7) is 0. The first-order chi connectivity index (χ1) is 13.2. The van der Waals surface area contributed by atoms with Crippen molar-refractivity contribution in [2.75, 3.05) is 0 Å². The summed E-state index contributed by atoms with van der Waals surface area (Å²) < 4.78 is 3.25. The lowest BCUT2D eigenvalue weighted by molar-refractivity contribution is 1.18. The van der Waals surface area contributed by atoms with E-state index in [1.807, 2.05) is 18.2 Å². The molecular weight excluding hydrogens is 418 g/mol. The molecule has 0 saturated heterocycles. The first kappa shape index (κ1) is 16.6. The molecular formula is C24H15BrClN. The monoisotopic (exact) mass is 431 g/mol. The van der Waals surface area contributed by atoms with Gasteiger partial charge in [-0.1, -0.05) is 88.2 Å². The zero-order valence-electron chi connectivity index (χ0n) is 14.4. The van der Waals surface area contributed by atoms with Crippen LogP contribution in [0, 0.1) is 0 Å². The first-order valence-corrected chi connectivity index (χ1v) is 9.93. The van der Waals surface area contributed by atoms with E-state index in [9.17, 15) is 0 Å². The van der Waals surface area contributed by atoms with E-state index >= 15 is 0 Å². The van der Waals surface area contributed by atoms with E-state index in [0.717, 1.165) is 10.2 Å². The highest BCUT2D eigenvalue weighted by Gasteiger charge is 2.13. The van der Waals surface area contributed by atoms with E-state index in [2.05, 4.69) is 93.3 Å². The second-order valence-electron chi connectivity index (χ2n) is 6.58. The molecule has 0 aliphatic carbocycles. The average molecular weight is 433 g/mol. The SMILES string of the molecule is Clc1cc(Br)cc(-n2c3ccccc3c3ccc(-c4ccccc4)cc32)c1. The lowest BCUT2D eigenvalue weighted by Crippen LogP contribution is -1.94. The minimum atomic E-state index is 0.713. The van der Waals surface area contributed by atoms with Gasteiger partial charge in [0.15, 0.2) is 0 Å². The molecule has 4 aromatic carbocycles. The molecule has 0 unspecified atom stereocenters. The largest absolute Gasteiger partial charge is 0.309 e. The molecule has 0 N–H and O–H groups in total. The van der Waals surface area contributed by atoms with Gasteiger partial charge in [0.2, 0.25) is 0 Å². The van der Waals surface area contributed by atoms with Crippen LogP contribution in [-0.4, -0.2) is 4.57 Å². The fraction of sp³-hybridized carbons (Fsp3) is 0. The fourth-order valence-corrected chi connectivity index (χ4v) is 4.57. The van der Waals surface area contributed by atoms with E-state index in [0.29, 0.717) is 5.02 Å². The Morgan fingerprint density at radius 2 is 1.37 bits per heavy atom. The Morgan fingerprint density at radius 1 is 0.630 bits per heavy atom. The van der Waals surface area contributed by atoms with Crippen LogP contribution in [0.3, 0.4) is 0 Å². The Labute approximate surface area is 170 Å².